The Balaban J connectivity index is 1.43. The van der Waals surface area contributed by atoms with E-state index in [1.165, 1.54) is 36.4 Å². The molecule has 1 aliphatic rings. The zero-order valence-corrected chi connectivity index (χ0v) is 17.9. The number of ether oxygens (including phenoxy) is 1. The van der Waals surface area contributed by atoms with Crippen molar-refractivity contribution in [3.05, 3.63) is 83.3 Å². The maximum Gasteiger partial charge on any atom is 0.290 e. The Morgan fingerprint density at radius 2 is 1.53 bits per heavy atom. The minimum atomic E-state index is -3.88. The fourth-order valence-electron chi connectivity index (χ4n) is 2.79. The van der Waals surface area contributed by atoms with Crippen molar-refractivity contribution in [2.75, 3.05) is 4.72 Å². The van der Waals surface area contributed by atoms with Crippen LogP contribution in [0.5, 0.6) is 17.2 Å². The average Bonchev–Trinajstić information content (AvgIpc) is 3.08. The minimum absolute atomic E-state index is 0.0111. The molecule has 2 amide bonds. The van der Waals surface area contributed by atoms with Crippen molar-refractivity contribution >= 4 is 44.7 Å². The molecule has 1 aliphatic heterocycles. The third-order valence-electron chi connectivity index (χ3n) is 4.34. The monoisotopic (exact) mass is 468 g/mol. The standard InChI is InChI=1S/C22H16N2O6S2/c25-19-4-2-1-3-18(19)24-32(28,29)17-11-9-16(10-12-17)30-15-7-5-14(6-8-15)13-20-21(26)23-22(27)31-20/h1-13,24-25H,(H,23,26,27)/b20-13+. The number of hydrogen-bond donors (Lipinski definition) is 3. The summed E-state index contributed by atoms with van der Waals surface area (Å²) >= 11 is 0.842. The van der Waals surface area contributed by atoms with E-state index in [1.807, 2.05) is 0 Å². The first-order chi connectivity index (χ1) is 15.3. The van der Waals surface area contributed by atoms with E-state index in [1.54, 1.807) is 42.5 Å². The zero-order chi connectivity index (χ0) is 22.7. The van der Waals surface area contributed by atoms with Crippen LogP contribution >= 0.6 is 11.8 Å². The van der Waals surface area contributed by atoms with Gasteiger partial charge in [0.25, 0.3) is 21.2 Å². The molecule has 10 heteroatoms. The number of imide groups is 1. The van der Waals surface area contributed by atoms with Gasteiger partial charge in [0, 0.05) is 0 Å². The molecule has 0 aromatic heterocycles. The molecule has 0 unspecified atom stereocenters. The number of amides is 2. The molecule has 0 bridgehead atoms. The lowest BCUT2D eigenvalue weighted by atomic mass is 10.2. The van der Waals surface area contributed by atoms with Crippen molar-refractivity contribution < 1.29 is 27.9 Å². The molecule has 162 valence electrons. The fourth-order valence-corrected chi connectivity index (χ4v) is 4.55. The number of carbonyl (C=O) groups excluding carboxylic acids is 2. The van der Waals surface area contributed by atoms with Crippen molar-refractivity contribution in [2.45, 2.75) is 4.90 Å². The normalized spacial score (nSPS) is 14.9. The highest BCUT2D eigenvalue weighted by Crippen LogP contribution is 2.29. The number of hydrogen-bond acceptors (Lipinski definition) is 7. The van der Waals surface area contributed by atoms with E-state index in [0.29, 0.717) is 16.4 Å². The van der Waals surface area contributed by atoms with Gasteiger partial charge in [-0.15, -0.1) is 0 Å². The zero-order valence-electron chi connectivity index (χ0n) is 16.3. The second-order valence-corrected chi connectivity index (χ2v) is 9.31. The van der Waals surface area contributed by atoms with Crippen LogP contribution in [0.1, 0.15) is 5.56 Å². The Kier molecular flexibility index (Phi) is 5.89. The van der Waals surface area contributed by atoms with E-state index in [2.05, 4.69) is 10.0 Å². The molecule has 32 heavy (non-hydrogen) atoms. The van der Waals surface area contributed by atoms with E-state index in [4.69, 9.17) is 4.74 Å². The molecule has 0 aliphatic carbocycles. The molecule has 3 aromatic carbocycles. The first kappa shape index (κ1) is 21.5. The number of carbonyl (C=O) groups is 2. The number of phenolic OH excluding ortho intramolecular Hbond substituents is 1. The molecule has 1 fully saturated rings. The number of phenols is 1. The van der Waals surface area contributed by atoms with Gasteiger partial charge in [-0.25, -0.2) is 8.42 Å². The van der Waals surface area contributed by atoms with Gasteiger partial charge in [-0.05, 0) is 71.9 Å². The van der Waals surface area contributed by atoms with E-state index in [-0.39, 0.29) is 16.3 Å². The van der Waals surface area contributed by atoms with Gasteiger partial charge in [0.2, 0.25) is 0 Å². The lowest BCUT2D eigenvalue weighted by Crippen LogP contribution is -2.17. The van der Waals surface area contributed by atoms with Gasteiger partial charge in [0.15, 0.2) is 0 Å². The first-order valence-corrected chi connectivity index (χ1v) is 11.5. The van der Waals surface area contributed by atoms with Crippen LogP contribution in [-0.4, -0.2) is 24.7 Å². The third kappa shape index (κ3) is 4.93. The second-order valence-electron chi connectivity index (χ2n) is 6.62. The van der Waals surface area contributed by atoms with Gasteiger partial charge in [-0.1, -0.05) is 24.3 Å². The smallest absolute Gasteiger partial charge is 0.290 e. The number of rotatable bonds is 6. The molecule has 3 aromatic rings. The summed E-state index contributed by atoms with van der Waals surface area (Å²) in [5, 5.41) is 11.6. The summed E-state index contributed by atoms with van der Waals surface area (Å²) in [6.45, 7) is 0. The summed E-state index contributed by atoms with van der Waals surface area (Å²) in [5.41, 5.74) is 0.808. The molecular formula is C22H16N2O6S2. The average molecular weight is 469 g/mol. The molecule has 1 heterocycles. The van der Waals surface area contributed by atoms with Gasteiger partial charge in [-0.3, -0.25) is 19.6 Å². The number of nitrogens with one attached hydrogen (secondary N) is 2. The molecule has 0 spiro atoms. The first-order valence-electron chi connectivity index (χ1n) is 9.24. The molecule has 3 N–H and O–H groups in total. The van der Waals surface area contributed by atoms with Crippen LogP contribution in [-0.2, 0) is 14.8 Å². The molecule has 0 saturated carbocycles. The summed E-state index contributed by atoms with van der Waals surface area (Å²) in [4.78, 5) is 23.2. The summed E-state index contributed by atoms with van der Waals surface area (Å²) < 4.78 is 33.1. The molecule has 4 rings (SSSR count). The van der Waals surface area contributed by atoms with Crippen LogP contribution < -0.4 is 14.8 Å². The van der Waals surface area contributed by atoms with Gasteiger partial charge < -0.3 is 9.84 Å². The number of sulfonamides is 1. The molecule has 0 atom stereocenters. The topological polar surface area (TPSA) is 122 Å². The second kappa shape index (κ2) is 8.77. The van der Waals surface area contributed by atoms with E-state index >= 15 is 0 Å². The highest BCUT2D eigenvalue weighted by Gasteiger charge is 2.24. The van der Waals surface area contributed by atoms with Crippen molar-refractivity contribution in [3.8, 4) is 17.2 Å². The van der Waals surface area contributed by atoms with Crippen molar-refractivity contribution in [1.82, 2.24) is 5.32 Å². The number of para-hydroxylation sites is 2. The van der Waals surface area contributed by atoms with Crippen LogP contribution in [0.4, 0.5) is 10.5 Å². The van der Waals surface area contributed by atoms with Crippen LogP contribution in [0.3, 0.4) is 0 Å². The number of aromatic hydroxyl groups is 1. The highest BCUT2D eigenvalue weighted by atomic mass is 32.2. The Morgan fingerprint density at radius 1 is 0.906 bits per heavy atom. The maximum atomic E-state index is 12.5. The Morgan fingerprint density at radius 3 is 2.12 bits per heavy atom. The SMILES string of the molecule is O=C1NC(=O)/C(=C\c2ccc(Oc3ccc(S(=O)(=O)Nc4ccccc4O)cc3)cc2)S1. The highest BCUT2D eigenvalue weighted by molar-refractivity contribution is 8.18. The lowest BCUT2D eigenvalue weighted by molar-refractivity contribution is -0.115. The van der Waals surface area contributed by atoms with Gasteiger partial charge in [0.05, 0.1) is 15.5 Å². The fraction of sp³-hybridized carbons (Fsp3) is 0. The van der Waals surface area contributed by atoms with Crippen molar-refractivity contribution in [2.24, 2.45) is 0 Å². The molecular weight excluding hydrogens is 452 g/mol. The van der Waals surface area contributed by atoms with E-state index < -0.39 is 21.2 Å². The molecule has 0 radical (unpaired) electrons. The predicted octanol–water partition coefficient (Wildman–Crippen LogP) is 4.31. The summed E-state index contributed by atoms with van der Waals surface area (Å²) in [5.74, 6) is 0.338. The molecule has 8 nitrogen and oxygen atoms in total. The Labute approximate surface area is 188 Å². The molecule has 1 saturated heterocycles. The van der Waals surface area contributed by atoms with E-state index in [0.717, 1.165) is 17.3 Å². The van der Waals surface area contributed by atoms with E-state index in [9.17, 15) is 23.1 Å². The minimum Gasteiger partial charge on any atom is -0.506 e. The predicted molar refractivity (Wildman–Crippen MR) is 121 cm³/mol. The van der Waals surface area contributed by atoms with Crippen molar-refractivity contribution in [3.63, 3.8) is 0 Å². The largest absolute Gasteiger partial charge is 0.506 e. The van der Waals surface area contributed by atoms with Gasteiger partial charge in [-0.2, -0.15) is 0 Å². The van der Waals surface area contributed by atoms with Crippen LogP contribution in [0.2, 0.25) is 0 Å². The summed E-state index contributed by atoms with van der Waals surface area (Å²) in [7, 11) is -3.88. The van der Waals surface area contributed by atoms with Crippen LogP contribution in [0.15, 0.2) is 82.6 Å². The van der Waals surface area contributed by atoms with Crippen LogP contribution in [0.25, 0.3) is 6.08 Å². The van der Waals surface area contributed by atoms with Gasteiger partial charge >= 0.3 is 0 Å². The van der Waals surface area contributed by atoms with Gasteiger partial charge in [0.1, 0.15) is 17.2 Å². The van der Waals surface area contributed by atoms with Crippen LogP contribution in [0, 0.1) is 0 Å². The number of benzene rings is 3. The summed E-state index contributed by atoms with van der Waals surface area (Å²) in [6.07, 6.45) is 1.60. The third-order valence-corrected chi connectivity index (χ3v) is 6.53. The van der Waals surface area contributed by atoms with Crippen molar-refractivity contribution in [1.29, 1.82) is 0 Å². The lowest BCUT2D eigenvalue weighted by Gasteiger charge is -2.10. The Hall–Kier alpha value is -3.76. The Bertz CT molecular complexity index is 1320. The number of anilines is 1. The maximum absolute atomic E-state index is 12.5. The quantitative estimate of drug-likeness (QED) is 0.364. The number of thioether (sulfide) groups is 1. The summed E-state index contributed by atoms with van der Waals surface area (Å²) in [6, 6.07) is 18.7.